The van der Waals surface area contributed by atoms with Gasteiger partial charge in [0.15, 0.2) is 5.11 Å². The first-order chi connectivity index (χ1) is 13.5. The van der Waals surface area contributed by atoms with Crippen molar-refractivity contribution < 1.29 is 9.72 Å². The summed E-state index contributed by atoms with van der Waals surface area (Å²) < 4.78 is -1.25. The van der Waals surface area contributed by atoms with Gasteiger partial charge in [-0.25, -0.2) is 0 Å². The number of nitro groups is 1. The van der Waals surface area contributed by atoms with Gasteiger partial charge in [0.2, 0.25) is 3.79 Å². The van der Waals surface area contributed by atoms with Crippen molar-refractivity contribution in [3.05, 3.63) is 67.6 Å². The molecule has 13 heteroatoms. The Kier molecular flexibility index (Phi) is 8.33. The molecule has 0 aromatic heterocycles. The number of nitro benzene ring substituents is 1. The van der Waals surface area contributed by atoms with Crippen LogP contribution in [0.15, 0.2) is 46.9 Å². The zero-order valence-electron chi connectivity index (χ0n) is 14.1. The van der Waals surface area contributed by atoms with Crippen LogP contribution in [0.1, 0.15) is 10.4 Å². The van der Waals surface area contributed by atoms with Crippen molar-refractivity contribution in [1.29, 1.82) is 0 Å². The molecule has 0 saturated heterocycles. The number of halogens is 5. The lowest BCUT2D eigenvalue weighted by atomic mass is 10.2. The van der Waals surface area contributed by atoms with E-state index in [2.05, 4.69) is 31.9 Å². The Morgan fingerprint density at radius 2 is 1.86 bits per heavy atom. The minimum Gasteiger partial charge on any atom is -0.339 e. The molecule has 0 aliphatic rings. The molecular formula is C16H11BrCl4N4O3S. The average Bonchev–Trinajstić information content (AvgIpc) is 2.61. The quantitative estimate of drug-likeness (QED) is 0.148. The van der Waals surface area contributed by atoms with Gasteiger partial charge in [0.05, 0.1) is 15.6 Å². The Bertz CT molecular complexity index is 958. The summed E-state index contributed by atoms with van der Waals surface area (Å²) in [4.78, 5) is 22.7. The highest BCUT2D eigenvalue weighted by atomic mass is 79.9. The third-order valence-electron chi connectivity index (χ3n) is 3.38. The number of carbonyl (C=O) groups excluding carboxylic acids is 1. The molecule has 2 aromatic rings. The molecule has 0 aliphatic carbocycles. The van der Waals surface area contributed by atoms with Gasteiger partial charge in [0.25, 0.3) is 11.6 Å². The highest BCUT2D eigenvalue weighted by molar-refractivity contribution is 9.10. The fourth-order valence-corrected chi connectivity index (χ4v) is 3.23. The maximum Gasteiger partial charge on any atom is 0.271 e. The predicted octanol–water partition coefficient (Wildman–Crippen LogP) is 5.42. The molecule has 3 N–H and O–H groups in total. The lowest BCUT2D eigenvalue weighted by Gasteiger charge is -2.28. The van der Waals surface area contributed by atoms with Crippen LogP contribution in [-0.2, 0) is 0 Å². The number of nitrogens with one attached hydrogen (secondary N) is 3. The van der Waals surface area contributed by atoms with Gasteiger partial charge < -0.3 is 16.0 Å². The molecule has 0 radical (unpaired) electrons. The van der Waals surface area contributed by atoms with Crippen LogP contribution in [0.3, 0.4) is 0 Å². The van der Waals surface area contributed by atoms with Gasteiger partial charge in [0.1, 0.15) is 6.17 Å². The van der Waals surface area contributed by atoms with Crippen molar-refractivity contribution in [3.8, 4) is 0 Å². The van der Waals surface area contributed by atoms with Gasteiger partial charge in [-0.1, -0.05) is 68.4 Å². The van der Waals surface area contributed by atoms with E-state index >= 15 is 0 Å². The van der Waals surface area contributed by atoms with E-state index in [1.54, 1.807) is 24.3 Å². The van der Waals surface area contributed by atoms with E-state index in [0.717, 1.165) is 6.07 Å². The molecule has 0 aliphatic heterocycles. The molecule has 1 amide bonds. The number of anilines is 1. The van der Waals surface area contributed by atoms with E-state index in [0.29, 0.717) is 10.0 Å². The second-order valence-electron chi connectivity index (χ2n) is 5.48. The number of alkyl halides is 3. The van der Waals surface area contributed by atoms with Crippen LogP contribution in [0.5, 0.6) is 0 Å². The number of non-ortho nitro benzene ring substituents is 1. The van der Waals surface area contributed by atoms with E-state index < -0.39 is 20.8 Å². The first-order valence-corrected chi connectivity index (χ1v) is 10.3. The number of thiocarbonyl (C=S) groups is 1. The van der Waals surface area contributed by atoms with E-state index in [9.17, 15) is 14.9 Å². The highest BCUT2D eigenvalue weighted by Gasteiger charge is 2.35. The zero-order chi connectivity index (χ0) is 21.8. The maximum absolute atomic E-state index is 12.5. The van der Waals surface area contributed by atoms with Crippen LogP contribution < -0.4 is 16.0 Å². The van der Waals surface area contributed by atoms with E-state index in [4.69, 9.17) is 58.6 Å². The monoisotopic (exact) mass is 558 g/mol. The molecule has 1 atom stereocenters. The molecule has 7 nitrogen and oxygen atoms in total. The van der Waals surface area contributed by atoms with E-state index in [-0.39, 0.29) is 21.5 Å². The summed E-state index contributed by atoms with van der Waals surface area (Å²) in [7, 11) is 0. The molecule has 154 valence electrons. The van der Waals surface area contributed by atoms with Gasteiger partial charge in [-0.3, -0.25) is 14.9 Å². The van der Waals surface area contributed by atoms with Gasteiger partial charge >= 0.3 is 0 Å². The third kappa shape index (κ3) is 7.13. The molecule has 0 fully saturated rings. The van der Waals surface area contributed by atoms with E-state index in [1.807, 2.05) is 0 Å². The number of amides is 1. The van der Waals surface area contributed by atoms with Gasteiger partial charge in [-0.15, -0.1) is 0 Å². The van der Waals surface area contributed by atoms with Crippen LogP contribution in [-0.4, -0.2) is 25.9 Å². The van der Waals surface area contributed by atoms with Crippen molar-refractivity contribution in [2.45, 2.75) is 9.96 Å². The summed E-state index contributed by atoms with van der Waals surface area (Å²) in [6.45, 7) is 0. The molecule has 0 heterocycles. The highest BCUT2D eigenvalue weighted by Crippen LogP contribution is 2.30. The summed E-state index contributed by atoms with van der Waals surface area (Å²) in [6, 6.07) is 10.4. The number of benzene rings is 2. The first kappa shape index (κ1) is 23.9. The summed E-state index contributed by atoms with van der Waals surface area (Å²) in [6.07, 6.45) is -1.20. The molecule has 0 spiro atoms. The Hall–Kier alpha value is -1.36. The maximum atomic E-state index is 12.5. The van der Waals surface area contributed by atoms with E-state index in [1.165, 1.54) is 12.1 Å². The summed E-state index contributed by atoms with van der Waals surface area (Å²) >= 11 is 32.3. The van der Waals surface area contributed by atoms with Crippen LogP contribution in [0.4, 0.5) is 11.4 Å². The SMILES string of the molecule is O=C(N[C@H](NC(=S)Nc1ccc([N+](=O)[O-])cc1Cl)C(Cl)(Cl)Cl)c1cccc(Br)c1. The number of hydrogen-bond acceptors (Lipinski definition) is 4. The Morgan fingerprint density at radius 1 is 1.17 bits per heavy atom. The molecule has 0 bridgehead atoms. The number of nitrogens with zero attached hydrogens (tertiary/aromatic N) is 1. The standard InChI is InChI=1S/C16H11BrCl4N4O3S/c17-9-3-1-2-8(6-9)13(26)23-14(16(19,20)21)24-15(29)22-12-5-4-10(25(27)28)7-11(12)18/h1-7,14H,(H,23,26)(H2,22,24,29)/t14-/m1/s1. The van der Waals surface area contributed by atoms with Gasteiger partial charge in [-0.05, 0) is 36.5 Å². The predicted molar refractivity (Wildman–Crippen MR) is 123 cm³/mol. The zero-order valence-corrected chi connectivity index (χ0v) is 19.5. The second kappa shape index (κ2) is 10.1. The van der Waals surface area contributed by atoms with Crippen LogP contribution in [0.25, 0.3) is 0 Å². The molecule has 29 heavy (non-hydrogen) atoms. The largest absolute Gasteiger partial charge is 0.339 e. The van der Waals surface area contributed by atoms with Crippen LogP contribution in [0, 0.1) is 10.1 Å². The molecule has 2 rings (SSSR count). The van der Waals surface area contributed by atoms with Crippen molar-refractivity contribution in [2.24, 2.45) is 0 Å². The minimum absolute atomic E-state index is 0.0355. The summed E-state index contributed by atoms with van der Waals surface area (Å²) in [5, 5.41) is 18.8. The lowest BCUT2D eigenvalue weighted by Crippen LogP contribution is -2.56. The number of rotatable bonds is 5. The van der Waals surface area contributed by atoms with Crippen molar-refractivity contribution in [1.82, 2.24) is 10.6 Å². The normalized spacial score (nSPS) is 12.0. The fraction of sp³-hybridized carbons (Fsp3) is 0.125. The van der Waals surface area contributed by atoms with Gasteiger partial charge in [-0.2, -0.15) is 0 Å². The fourth-order valence-electron chi connectivity index (χ4n) is 2.05. The van der Waals surface area contributed by atoms with Gasteiger partial charge in [0, 0.05) is 22.2 Å². The Morgan fingerprint density at radius 3 is 2.41 bits per heavy atom. The first-order valence-electron chi connectivity index (χ1n) is 7.62. The van der Waals surface area contributed by atoms with Crippen molar-refractivity contribution in [3.63, 3.8) is 0 Å². The number of carbonyl (C=O) groups is 1. The van der Waals surface area contributed by atoms with Crippen molar-refractivity contribution >= 4 is 96.9 Å². The van der Waals surface area contributed by atoms with Crippen LogP contribution in [0.2, 0.25) is 5.02 Å². The lowest BCUT2D eigenvalue weighted by molar-refractivity contribution is -0.384. The van der Waals surface area contributed by atoms with Crippen molar-refractivity contribution in [2.75, 3.05) is 5.32 Å². The topological polar surface area (TPSA) is 96.3 Å². The molecule has 0 saturated carbocycles. The summed E-state index contributed by atoms with van der Waals surface area (Å²) in [5.41, 5.74) is 0.439. The molecule has 2 aromatic carbocycles. The summed E-state index contributed by atoms with van der Waals surface area (Å²) in [5.74, 6) is -0.508. The minimum atomic E-state index is -1.95. The Labute approximate surface area is 199 Å². The molecular weight excluding hydrogens is 550 g/mol. The second-order valence-corrected chi connectivity index (χ2v) is 9.58. The smallest absolute Gasteiger partial charge is 0.271 e. The average molecular weight is 561 g/mol. The molecule has 0 unspecified atom stereocenters. The third-order valence-corrected chi connectivity index (χ3v) is 5.06. The van der Waals surface area contributed by atoms with Crippen LogP contribution >= 0.6 is 74.6 Å². The number of hydrogen-bond donors (Lipinski definition) is 3. The Balaban J connectivity index is 2.11.